The fourth-order valence-electron chi connectivity index (χ4n) is 3.92. The van der Waals surface area contributed by atoms with E-state index >= 15 is 0 Å². The molecule has 2 amide bonds. The standard InChI is InChI=1S/C24H28N2O6/c1-3-14(2)21(22(28)25-20(12-27)23(29)30)26-24(31)32-13-19-17-10-6-4-8-15(17)16-9-5-7-11-18(16)19/h4-11,14,19-21,27H,3,12-13H2,1-2H3,(H,25,28)(H,26,31)(H,29,30)/t14-,20?,21-/m0/s1. The molecule has 1 aliphatic rings. The molecule has 0 aliphatic heterocycles. The van der Waals surface area contributed by atoms with E-state index in [1.165, 1.54) is 0 Å². The molecule has 3 atom stereocenters. The number of aliphatic hydroxyl groups excluding tert-OH is 1. The zero-order valence-electron chi connectivity index (χ0n) is 18.1. The molecule has 170 valence electrons. The van der Waals surface area contributed by atoms with Gasteiger partial charge in [-0.25, -0.2) is 9.59 Å². The van der Waals surface area contributed by atoms with Crippen molar-refractivity contribution in [3.05, 3.63) is 59.7 Å². The minimum Gasteiger partial charge on any atom is -0.480 e. The molecule has 0 fully saturated rings. The normalized spacial score (nSPS) is 15.1. The van der Waals surface area contributed by atoms with E-state index < -0.39 is 36.7 Å². The molecule has 32 heavy (non-hydrogen) atoms. The van der Waals surface area contributed by atoms with E-state index in [1.54, 1.807) is 6.92 Å². The van der Waals surface area contributed by atoms with Crippen LogP contribution in [0.1, 0.15) is 37.3 Å². The third kappa shape index (κ3) is 4.91. The maximum atomic E-state index is 12.6. The van der Waals surface area contributed by atoms with Gasteiger partial charge in [0.15, 0.2) is 0 Å². The Kier molecular flexibility index (Phi) is 7.48. The van der Waals surface area contributed by atoms with E-state index in [1.807, 2.05) is 55.5 Å². The fraction of sp³-hybridized carbons (Fsp3) is 0.375. The third-order valence-corrected chi connectivity index (χ3v) is 5.91. The van der Waals surface area contributed by atoms with Gasteiger partial charge in [0.25, 0.3) is 0 Å². The van der Waals surface area contributed by atoms with Crippen molar-refractivity contribution in [2.75, 3.05) is 13.2 Å². The van der Waals surface area contributed by atoms with Crippen LogP contribution >= 0.6 is 0 Å². The number of hydrogen-bond acceptors (Lipinski definition) is 5. The number of hydrogen-bond donors (Lipinski definition) is 4. The van der Waals surface area contributed by atoms with Gasteiger partial charge < -0.3 is 25.6 Å². The second kappa shape index (κ2) is 10.3. The van der Waals surface area contributed by atoms with Crippen LogP contribution < -0.4 is 10.6 Å². The number of aliphatic hydroxyl groups is 1. The quantitative estimate of drug-likeness (QED) is 0.475. The van der Waals surface area contributed by atoms with Gasteiger partial charge >= 0.3 is 12.1 Å². The molecule has 0 saturated heterocycles. The molecular weight excluding hydrogens is 412 g/mol. The largest absolute Gasteiger partial charge is 0.480 e. The Labute approximate surface area is 186 Å². The van der Waals surface area contributed by atoms with Gasteiger partial charge in [-0.3, -0.25) is 4.79 Å². The highest BCUT2D eigenvalue weighted by Crippen LogP contribution is 2.44. The van der Waals surface area contributed by atoms with Crippen LogP contribution in [0, 0.1) is 5.92 Å². The Morgan fingerprint density at radius 3 is 2.06 bits per heavy atom. The number of aliphatic carboxylic acids is 1. The van der Waals surface area contributed by atoms with Crippen LogP contribution in [0.2, 0.25) is 0 Å². The first-order valence-corrected chi connectivity index (χ1v) is 10.6. The van der Waals surface area contributed by atoms with Gasteiger partial charge in [-0.15, -0.1) is 0 Å². The number of carbonyl (C=O) groups excluding carboxylic acids is 2. The molecule has 4 N–H and O–H groups in total. The Morgan fingerprint density at radius 2 is 1.56 bits per heavy atom. The zero-order valence-corrected chi connectivity index (χ0v) is 18.1. The summed E-state index contributed by atoms with van der Waals surface area (Å²) in [5, 5.41) is 23.0. The van der Waals surface area contributed by atoms with Crippen molar-refractivity contribution in [3.63, 3.8) is 0 Å². The van der Waals surface area contributed by atoms with Crippen molar-refractivity contribution >= 4 is 18.0 Å². The predicted octanol–water partition coefficient (Wildman–Crippen LogP) is 2.50. The summed E-state index contributed by atoms with van der Waals surface area (Å²) in [5.41, 5.74) is 4.37. The number of carboxylic acids is 1. The van der Waals surface area contributed by atoms with Gasteiger partial charge in [0.1, 0.15) is 18.7 Å². The maximum Gasteiger partial charge on any atom is 0.407 e. The molecule has 3 rings (SSSR count). The van der Waals surface area contributed by atoms with Crippen molar-refractivity contribution < 1.29 is 29.3 Å². The maximum absolute atomic E-state index is 12.6. The number of alkyl carbamates (subject to hydrolysis) is 1. The number of nitrogens with one attached hydrogen (secondary N) is 2. The molecule has 1 aliphatic carbocycles. The molecule has 8 nitrogen and oxygen atoms in total. The first kappa shape index (κ1) is 23.3. The van der Waals surface area contributed by atoms with Gasteiger partial charge in [0, 0.05) is 5.92 Å². The highest BCUT2D eigenvalue weighted by Gasteiger charge is 2.32. The van der Waals surface area contributed by atoms with Crippen molar-refractivity contribution in [2.24, 2.45) is 5.92 Å². The summed E-state index contributed by atoms with van der Waals surface area (Å²) in [6, 6.07) is 13.5. The van der Waals surface area contributed by atoms with E-state index in [-0.39, 0.29) is 18.4 Å². The zero-order chi connectivity index (χ0) is 23.3. The summed E-state index contributed by atoms with van der Waals surface area (Å²) >= 11 is 0. The summed E-state index contributed by atoms with van der Waals surface area (Å²) in [4.78, 5) is 36.3. The molecular formula is C24H28N2O6. The predicted molar refractivity (Wildman–Crippen MR) is 118 cm³/mol. The molecule has 0 spiro atoms. The second-order valence-electron chi connectivity index (χ2n) is 7.92. The van der Waals surface area contributed by atoms with Gasteiger partial charge in [0.2, 0.25) is 5.91 Å². The first-order chi connectivity index (χ1) is 15.4. The Balaban J connectivity index is 1.68. The second-order valence-corrected chi connectivity index (χ2v) is 7.92. The lowest BCUT2D eigenvalue weighted by Gasteiger charge is -2.25. The smallest absolute Gasteiger partial charge is 0.407 e. The van der Waals surface area contributed by atoms with Crippen molar-refractivity contribution in [1.82, 2.24) is 10.6 Å². The van der Waals surface area contributed by atoms with E-state index in [2.05, 4.69) is 10.6 Å². The summed E-state index contributed by atoms with van der Waals surface area (Å²) in [6.07, 6.45) is -0.193. The van der Waals surface area contributed by atoms with Gasteiger partial charge in [-0.2, -0.15) is 0 Å². The van der Waals surface area contributed by atoms with Crippen LogP contribution in [0.4, 0.5) is 4.79 Å². The van der Waals surface area contributed by atoms with Gasteiger partial charge in [0.05, 0.1) is 6.61 Å². The molecule has 0 heterocycles. The van der Waals surface area contributed by atoms with E-state index in [0.29, 0.717) is 6.42 Å². The van der Waals surface area contributed by atoms with Crippen LogP contribution in [0.3, 0.4) is 0 Å². The number of carboxylic acid groups (broad SMARTS) is 1. The summed E-state index contributed by atoms with van der Waals surface area (Å²) in [5.74, 6) is -2.43. The van der Waals surface area contributed by atoms with E-state index in [4.69, 9.17) is 14.9 Å². The molecule has 8 heteroatoms. The van der Waals surface area contributed by atoms with Crippen molar-refractivity contribution in [3.8, 4) is 11.1 Å². The van der Waals surface area contributed by atoms with Crippen LogP contribution in [0.5, 0.6) is 0 Å². The number of fused-ring (bicyclic) bond motifs is 3. The topological polar surface area (TPSA) is 125 Å². The highest BCUT2D eigenvalue weighted by atomic mass is 16.5. The van der Waals surface area contributed by atoms with E-state index in [9.17, 15) is 14.4 Å². The van der Waals surface area contributed by atoms with Crippen LogP contribution in [-0.4, -0.2) is 53.5 Å². The first-order valence-electron chi connectivity index (χ1n) is 10.6. The Morgan fingerprint density at radius 1 is 1.00 bits per heavy atom. The molecule has 0 saturated carbocycles. The fourth-order valence-corrected chi connectivity index (χ4v) is 3.92. The summed E-state index contributed by atoms with van der Waals surface area (Å²) in [7, 11) is 0. The van der Waals surface area contributed by atoms with Crippen LogP contribution in [-0.2, 0) is 14.3 Å². The number of carbonyl (C=O) groups is 3. The van der Waals surface area contributed by atoms with Crippen LogP contribution in [0.25, 0.3) is 11.1 Å². The summed E-state index contributed by atoms with van der Waals surface area (Å²) in [6.45, 7) is 2.97. The number of benzene rings is 2. The molecule has 2 aromatic carbocycles. The number of rotatable bonds is 9. The number of ether oxygens (including phenoxy) is 1. The Bertz CT molecular complexity index is 946. The third-order valence-electron chi connectivity index (χ3n) is 5.91. The average molecular weight is 440 g/mol. The van der Waals surface area contributed by atoms with Gasteiger partial charge in [-0.1, -0.05) is 68.8 Å². The minimum atomic E-state index is -1.45. The molecule has 2 aromatic rings. The lowest BCUT2D eigenvalue weighted by molar-refractivity contribution is -0.143. The van der Waals surface area contributed by atoms with Gasteiger partial charge in [-0.05, 0) is 28.2 Å². The molecule has 0 aromatic heterocycles. The average Bonchev–Trinajstić information content (AvgIpc) is 3.12. The monoisotopic (exact) mass is 440 g/mol. The van der Waals surface area contributed by atoms with Crippen LogP contribution in [0.15, 0.2) is 48.5 Å². The van der Waals surface area contributed by atoms with E-state index in [0.717, 1.165) is 22.3 Å². The molecule has 1 unspecified atom stereocenters. The van der Waals surface area contributed by atoms with Crippen molar-refractivity contribution in [1.29, 1.82) is 0 Å². The molecule has 0 radical (unpaired) electrons. The highest BCUT2D eigenvalue weighted by molar-refractivity contribution is 5.89. The lowest BCUT2D eigenvalue weighted by atomic mass is 9.98. The number of amides is 2. The van der Waals surface area contributed by atoms with Crippen molar-refractivity contribution in [2.45, 2.75) is 38.3 Å². The Hall–Kier alpha value is -3.39. The summed E-state index contributed by atoms with van der Waals surface area (Å²) < 4.78 is 5.50. The lowest BCUT2D eigenvalue weighted by Crippen LogP contribution is -2.55. The SMILES string of the molecule is CC[C@H](C)[C@H](NC(=O)OCC1c2ccccc2-c2ccccc21)C(=O)NC(CO)C(=O)O. The minimum absolute atomic E-state index is 0.100. The molecule has 0 bridgehead atoms.